The fourth-order valence-electron chi connectivity index (χ4n) is 3.40. The predicted molar refractivity (Wildman–Crippen MR) is 114 cm³/mol. The van der Waals surface area contributed by atoms with Gasteiger partial charge < -0.3 is 5.32 Å². The molecule has 9 nitrogen and oxygen atoms in total. The number of nitrogens with zero attached hydrogens (tertiary/aromatic N) is 6. The van der Waals surface area contributed by atoms with E-state index in [2.05, 4.69) is 25.9 Å². The summed E-state index contributed by atoms with van der Waals surface area (Å²) in [6.07, 6.45) is -2.60. The molecule has 0 unspecified atom stereocenters. The van der Waals surface area contributed by atoms with Gasteiger partial charge in [0.1, 0.15) is 17.4 Å². The molecular formula is C21H16F4N8O. The van der Waals surface area contributed by atoms with Crippen molar-refractivity contribution in [1.29, 1.82) is 5.26 Å². The molecule has 1 aromatic carbocycles. The molecule has 0 bridgehead atoms. The molecule has 3 heterocycles. The summed E-state index contributed by atoms with van der Waals surface area (Å²) in [6.45, 7) is 3.39. The predicted octanol–water partition coefficient (Wildman–Crippen LogP) is 3.48. The molecular weight excluding hydrogens is 456 g/mol. The number of benzene rings is 1. The Morgan fingerprint density at radius 1 is 1.26 bits per heavy atom. The second kappa shape index (κ2) is 8.56. The van der Waals surface area contributed by atoms with Gasteiger partial charge in [-0.25, -0.2) is 19.5 Å². The third-order valence-corrected chi connectivity index (χ3v) is 4.96. The van der Waals surface area contributed by atoms with Crippen molar-refractivity contribution in [1.82, 2.24) is 20.2 Å². The van der Waals surface area contributed by atoms with E-state index in [0.717, 1.165) is 24.4 Å². The van der Waals surface area contributed by atoms with Crippen LogP contribution in [0.5, 0.6) is 0 Å². The zero-order chi connectivity index (χ0) is 24.6. The number of pyridine rings is 1. The van der Waals surface area contributed by atoms with Crippen molar-refractivity contribution in [2.24, 2.45) is 5.10 Å². The van der Waals surface area contributed by atoms with E-state index in [0.29, 0.717) is 11.2 Å². The first-order valence-electron chi connectivity index (χ1n) is 9.81. The number of anilines is 2. The molecule has 0 saturated carbocycles. The number of nitrogens with one attached hydrogen (secondary N) is 2. The molecule has 0 spiro atoms. The molecule has 4 rings (SSSR count). The second-order valence-corrected chi connectivity index (χ2v) is 7.28. The van der Waals surface area contributed by atoms with Crippen molar-refractivity contribution in [3.05, 3.63) is 64.4 Å². The van der Waals surface area contributed by atoms with E-state index in [1.54, 1.807) is 6.21 Å². The summed E-state index contributed by atoms with van der Waals surface area (Å²) in [7, 11) is 0. The molecule has 1 aliphatic rings. The standard InChI is InChI=1S/C21H16F4N8O/c1-11-7-14(22)3-4-17(11)32-18(21(23,24)25)15(10-29-32)20(34)31-16-8-13(9-26)19(30-12(16)2)33-27-5-6-28-33/h3-5,7-8,10,28H,6H2,1-2H3,(H,31,34). The first kappa shape index (κ1) is 22.9. The smallest absolute Gasteiger partial charge is 0.320 e. The first-order chi connectivity index (χ1) is 16.1. The third-order valence-electron chi connectivity index (χ3n) is 4.96. The van der Waals surface area contributed by atoms with Crippen LogP contribution >= 0.6 is 0 Å². The molecule has 174 valence electrons. The Bertz CT molecular complexity index is 1360. The third kappa shape index (κ3) is 4.18. The van der Waals surface area contributed by atoms with Gasteiger partial charge in [0, 0.05) is 6.21 Å². The van der Waals surface area contributed by atoms with Gasteiger partial charge in [-0.2, -0.15) is 33.8 Å². The van der Waals surface area contributed by atoms with Crippen molar-refractivity contribution in [2.45, 2.75) is 20.0 Å². The number of rotatable bonds is 4. The summed E-state index contributed by atoms with van der Waals surface area (Å²) >= 11 is 0. The Morgan fingerprint density at radius 3 is 2.65 bits per heavy atom. The molecule has 0 fully saturated rings. The van der Waals surface area contributed by atoms with Crippen LogP contribution in [0.4, 0.5) is 29.1 Å². The fourth-order valence-corrected chi connectivity index (χ4v) is 3.40. The number of halogens is 4. The number of carbonyl (C=O) groups excluding carboxylic acids is 1. The number of aromatic nitrogens is 3. The number of amides is 1. The highest BCUT2D eigenvalue weighted by Crippen LogP contribution is 2.35. The average molecular weight is 472 g/mol. The van der Waals surface area contributed by atoms with Gasteiger partial charge in [-0.1, -0.05) is 0 Å². The lowest BCUT2D eigenvalue weighted by atomic mass is 10.1. The molecule has 3 aromatic rings. The van der Waals surface area contributed by atoms with Gasteiger partial charge >= 0.3 is 6.18 Å². The van der Waals surface area contributed by atoms with Crippen LogP contribution in [0.3, 0.4) is 0 Å². The molecule has 0 saturated heterocycles. The molecule has 0 radical (unpaired) electrons. The quantitative estimate of drug-likeness (QED) is 0.563. The maximum atomic E-state index is 14.0. The topological polar surface area (TPSA) is 111 Å². The number of carbonyl (C=O) groups is 1. The van der Waals surface area contributed by atoms with Gasteiger partial charge in [0.2, 0.25) is 0 Å². The summed E-state index contributed by atoms with van der Waals surface area (Å²) in [6, 6.07) is 6.44. The normalized spacial score (nSPS) is 13.3. The van der Waals surface area contributed by atoms with Gasteiger partial charge in [-0.05, 0) is 43.7 Å². The van der Waals surface area contributed by atoms with Crippen LogP contribution in [0.25, 0.3) is 5.69 Å². The van der Waals surface area contributed by atoms with Gasteiger partial charge in [0.05, 0.1) is 35.4 Å². The molecule has 2 N–H and O–H groups in total. The molecule has 2 aromatic heterocycles. The van der Waals surface area contributed by atoms with E-state index in [4.69, 9.17) is 0 Å². The Hall–Kier alpha value is -4.31. The number of nitriles is 1. The van der Waals surface area contributed by atoms with E-state index in [-0.39, 0.29) is 34.0 Å². The molecule has 1 amide bonds. The lowest BCUT2D eigenvalue weighted by molar-refractivity contribution is -0.143. The van der Waals surface area contributed by atoms with E-state index < -0.39 is 29.2 Å². The summed E-state index contributed by atoms with van der Waals surface area (Å²) < 4.78 is 55.9. The lowest BCUT2D eigenvalue weighted by Crippen LogP contribution is -2.30. The first-order valence-corrected chi connectivity index (χ1v) is 9.81. The molecule has 0 atom stereocenters. The average Bonchev–Trinajstić information content (AvgIpc) is 3.45. The number of aryl methyl sites for hydroxylation is 2. The van der Waals surface area contributed by atoms with Gasteiger partial charge in [-0.3, -0.25) is 4.79 Å². The Balaban J connectivity index is 1.72. The van der Waals surface area contributed by atoms with Gasteiger partial charge in [-0.15, -0.1) is 0 Å². The highest BCUT2D eigenvalue weighted by Gasteiger charge is 2.41. The minimum atomic E-state index is -4.95. The Labute approximate surface area is 190 Å². The van der Waals surface area contributed by atoms with E-state index in [1.807, 2.05) is 6.07 Å². The van der Waals surface area contributed by atoms with Gasteiger partial charge in [0.25, 0.3) is 5.91 Å². The van der Waals surface area contributed by atoms with Gasteiger partial charge in [0.15, 0.2) is 11.5 Å². The second-order valence-electron chi connectivity index (χ2n) is 7.28. The van der Waals surface area contributed by atoms with E-state index in [1.165, 1.54) is 25.0 Å². The van der Waals surface area contributed by atoms with Crippen LogP contribution in [0.2, 0.25) is 0 Å². The van der Waals surface area contributed by atoms with Crippen LogP contribution in [-0.4, -0.2) is 33.4 Å². The summed E-state index contributed by atoms with van der Waals surface area (Å²) in [4.78, 5) is 17.1. The van der Waals surface area contributed by atoms with Crippen molar-refractivity contribution in [3.8, 4) is 11.8 Å². The summed E-state index contributed by atoms with van der Waals surface area (Å²) in [5.74, 6) is -1.53. The maximum Gasteiger partial charge on any atom is 0.434 e. The van der Waals surface area contributed by atoms with Crippen molar-refractivity contribution >= 4 is 23.6 Å². The maximum absolute atomic E-state index is 14.0. The molecule has 1 aliphatic heterocycles. The monoisotopic (exact) mass is 472 g/mol. The molecule has 34 heavy (non-hydrogen) atoms. The molecule has 0 aliphatic carbocycles. The summed E-state index contributed by atoms with van der Waals surface area (Å²) in [5, 5.41) is 20.9. The molecule has 13 heteroatoms. The largest absolute Gasteiger partial charge is 0.434 e. The van der Waals surface area contributed by atoms with E-state index >= 15 is 0 Å². The number of hydrazine groups is 1. The van der Waals surface area contributed by atoms with Crippen molar-refractivity contribution < 1.29 is 22.4 Å². The van der Waals surface area contributed by atoms with Crippen LogP contribution in [0.1, 0.15) is 32.9 Å². The number of hydrogen-bond donors (Lipinski definition) is 2. The zero-order valence-electron chi connectivity index (χ0n) is 17.8. The van der Waals surface area contributed by atoms with Crippen LogP contribution in [0.15, 0.2) is 35.6 Å². The minimum Gasteiger partial charge on any atom is -0.320 e. The van der Waals surface area contributed by atoms with Crippen LogP contribution < -0.4 is 15.9 Å². The SMILES string of the molecule is Cc1cc(F)ccc1-n1ncc(C(=O)Nc2cc(C#N)c(N3N=CCN3)nc2C)c1C(F)(F)F. The Kier molecular flexibility index (Phi) is 5.76. The highest BCUT2D eigenvalue weighted by molar-refractivity contribution is 6.05. The number of hydrazone groups is 1. The van der Waals surface area contributed by atoms with Crippen LogP contribution in [0, 0.1) is 31.0 Å². The fraction of sp³-hybridized carbons (Fsp3) is 0.190. The number of alkyl halides is 3. The van der Waals surface area contributed by atoms with Crippen molar-refractivity contribution in [2.75, 3.05) is 17.0 Å². The minimum absolute atomic E-state index is 0.0274. The highest BCUT2D eigenvalue weighted by atomic mass is 19.4. The number of hydrogen-bond acceptors (Lipinski definition) is 7. The van der Waals surface area contributed by atoms with E-state index in [9.17, 15) is 27.6 Å². The van der Waals surface area contributed by atoms with Crippen molar-refractivity contribution in [3.63, 3.8) is 0 Å². The Morgan fingerprint density at radius 2 is 2.03 bits per heavy atom. The summed E-state index contributed by atoms with van der Waals surface area (Å²) in [5.41, 5.74) is 1.31. The zero-order valence-corrected chi connectivity index (χ0v) is 17.8. The lowest BCUT2D eigenvalue weighted by Gasteiger charge is -2.17. The van der Waals surface area contributed by atoms with Crippen LogP contribution in [-0.2, 0) is 6.18 Å².